The summed E-state index contributed by atoms with van der Waals surface area (Å²) in [5, 5.41) is 8.15. The van der Waals surface area contributed by atoms with Gasteiger partial charge in [-0.3, -0.25) is 4.79 Å². The van der Waals surface area contributed by atoms with Gasteiger partial charge in [-0.25, -0.2) is 4.98 Å². The average Bonchev–Trinajstić information content (AvgIpc) is 3.32. The zero-order chi connectivity index (χ0) is 20.4. The van der Waals surface area contributed by atoms with E-state index in [1.165, 1.54) is 10.4 Å². The molecule has 29 heavy (non-hydrogen) atoms. The van der Waals surface area contributed by atoms with Crippen LogP contribution in [0, 0.1) is 6.92 Å². The summed E-state index contributed by atoms with van der Waals surface area (Å²) in [4.78, 5) is 17.7. The largest absolute Gasteiger partial charge is 0.493 e. The van der Waals surface area contributed by atoms with Crippen LogP contribution in [0.15, 0.2) is 24.4 Å². The number of aryl methyl sites for hydroxylation is 1. The minimum Gasteiger partial charge on any atom is -0.493 e. The topological polar surface area (TPSA) is 72.5 Å². The molecule has 1 amide bonds. The number of carbonyl (C=O) groups is 1. The molecule has 156 valence electrons. The third kappa shape index (κ3) is 4.12. The van der Waals surface area contributed by atoms with Crippen LogP contribution in [0.5, 0.6) is 11.5 Å². The molecule has 1 aromatic heterocycles. The highest BCUT2D eigenvalue weighted by Gasteiger charge is 2.48. The third-order valence-electron chi connectivity index (χ3n) is 6.36. The quantitative estimate of drug-likeness (QED) is 0.755. The van der Waals surface area contributed by atoms with Gasteiger partial charge in [0, 0.05) is 41.5 Å². The Bertz CT molecular complexity index is 884. The number of ether oxygens (including phenoxy) is 2. The average molecular weight is 416 g/mol. The van der Waals surface area contributed by atoms with Crippen molar-refractivity contribution in [1.82, 2.24) is 15.6 Å². The molecule has 1 spiro atoms. The van der Waals surface area contributed by atoms with E-state index < -0.39 is 0 Å². The number of thiazole rings is 1. The molecule has 1 saturated carbocycles. The molecule has 1 aliphatic carbocycles. The Morgan fingerprint density at radius 1 is 1.28 bits per heavy atom. The number of methoxy groups -OCH3 is 2. The minimum atomic E-state index is -0.157. The van der Waals surface area contributed by atoms with E-state index >= 15 is 0 Å². The van der Waals surface area contributed by atoms with Crippen molar-refractivity contribution >= 4 is 17.2 Å². The van der Waals surface area contributed by atoms with Crippen molar-refractivity contribution in [1.29, 1.82) is 0 Å². The fraction of sp³-hybridized carbons (Fsp3) is 0.545. The summed E-state index contributed by atoms with van der Waals surface area (Å²) in [6.45, 7) is 2.88. The first kappa shape index (κ1) is 20.2. The molecular weight excluding hydrogens is 386 g/mol. The van der Waals surface area contributed by atoms with Crippen molar-refractivity contribution in [3.05, 3.63) is 39.8 Å². The van der Waals surface area contributed by atoms with Gasteiger partial charge < -0.3 is 20.1 Å². The van der Waals surface area contributed by atoms with Gasteiger partial charge in [-0.2, -0.15) is 0 Å². The number of hydrogen-bond acceptors (Lipinski definition) is 6. The summed E-state index contributed by atoms with van der Waals surface area (Å²) in [5.41, 5.74) is 1.04. The monoisotopic (exact) mass is 415 g/mol. The van der Waals surface area contributed by atoms with Gasteiger partial charge in [-0.05, 0) is 50.3 Å². The normalized spacial score (nSPS) is 26.5. The predicted molar refractivity (Wildman–Crippen MR) is 114 cm³/mol. The summed E-state index contributed by atoms with van der Waals surface area (Å²) in [6, 6.07) is 6.56. The number of amides is 1. The molecular formula is C22H29N3O3S. The van der Waals surface area contributed by atoms with Gasteiger partial charge in [-0.15, -0.1) is 11.3 Å². The molecule has 2 N–H and O–H groups in total. The number of aromatic nitrogens is 1. The van der Waals surface area contributed by atoms with Crippen molar-refractivity contribution in [2.45, 2.75) is 63.1 Å². The van der Waals surface area contributed by atoms with E-state index in [0.29, 0.717) is 12.5 Å². The lowest BCUT2D eigenvalue weighted by molar-refractivity contribution is -0.120. The van der Waals surface area contributed by atoms with Crippen molar-refractivity contribution in [3.8, 4) is 11.5 Å². The van der Waals surface area contributed by atoms with E-state index in [1.54, 1.807) is 25.6 Å². The van der Waals surface area contributed by atoms with Crippen LogP contribution >= 0.6 is 11.3 Å². The smallest absolute Gasteiger partial charge is 0.220 e. The number of carbonyl (C=O) groups excluding carboxylic acids is 1. The van der Waals surface area contributed by atoms with Gasteiger partial charge >= 0.3 is 0 Å². The SMILES string of the molecule is COc1ccc([C@H]2C[C@@H](NCc3cnc(C)s3)CC[C@]23CCC(=O)N3)cc1OC. The summed E-state index contributed by atoms with van der Waals surface area (Å²) in [6.07, 6.45) is 6.49. The second-order valence-corrected chi connectivity index (χ2v) is 9.39. The maximum atomic E-state index is 12.1. The summed E-state index contributed by atoms with van der Waals surface area (Å²) >= 11 is 1.74. The van der Waals surface area contributed by atoms with Gasteiger partial charge in [0.05, 0.1) is 19.2 Å². The van der Waals surface area contributed by atoms with Crippen LogP contribution in [0.25, 0.3) is 0 Å². The Kier molecular flexibility index (Phi) is 5.79. The molecule has 2 fully saturated rings. The molecule has 0 unspecified atom stereocenters. The summed E-state index contributed by atoms with van der Waals surface area (Å²) < 4.78 is 11.0. The van der Waals surface area contributed by atoms with E-state index in [1.807, 2.05) is 19.2 Å². The minimum absolute atomic E-state index is 0.157. The number of hydrogen-bond donors (Lipinski definition) is 2. The van der Waals surface area contributed by atoms with E-state index in [2.05, 4.69) is 27.8 Å². The van der Waals surface area contributed by atoms with Crippen LogP contribution in [0.2, 0.25) is 0 Å². The lowest BCUT2D eigenvalue weighted by Crippen LogP contribution is -2.53. The van der Waals surface area contributed by atoms with E-state index in [-0.39, 0.29) is 17.4 Å². The number of rotatable bonds is 6. The van der Waals surface area contributed by atoms with Crippen molar-refractivity contribution < 1.29 is 14.3 Å². The van der Waals surface area contributed by atoms with Crippen molar-refractivity contribution in [2.24, 2.45) is 0 Å². The molecule has 6 nitrogen and oxygen atoms in total. The first-order valence-electron chi connectivity index (χ1n) is 10.2. The molecule has 1 aromatic carbocycles. The second kappa shape index (κ2) is 8.32. The number of nitrogens with zero attached hydrogens (tertiary/aromatic N) is 1. The van der Waals surface area contributed by atoms with Crippen LogP contribution < -0.4 is 20.1 Å². The van der Waals surface area contributed by atoms with Crippen LogP contribution in [0.4, 0.5) is 0 Å². The standard InChI is InChI=1S/C22H29N3O3S/c1-14-23-12-17(29-14)13-24-16-6-8-22(9-7-21(26)25-22)18(11-16)15-4-5-19(27-2)20(10-15)28-3/h4-5,10,12,16,18,24H,6-9,11,13H2,1-3H3,(H,25,26)/t16-,18+,22-/m0/s1. The molecule has 1 aliphatic heterocycles. The van der Waals surface area contributed by atoms with Gasteiger partial charge in [0.25, 0.3) is 0 Å². The Morgan fingerprint density at radius 3 is 2.76 bits per heavy atom. The van der Waals surface area contributed by atoms with E-state index in [4.69, 9.17) is 9.47 Å². The summed E-state index contributed by atoms with van der Waals surface area (Å²) in [7, 11) is 3.31. The van der Waals surface area contributed by atoms with Crippen LogP contribution in [-0.4, -0.2) is 36.7 Å². The maximum absolute atomic E-state index is 12.1. The zero-order valence-electron chi connectivity index (χ0n) is 17.3. The first-order chi connectivity index (χ1) is 14.0. The van der Waals surface area contributed by atoms with Gasteiger partial charge in [0.1, 0.15) is 0 Å². The van der Waals surface area contributed by atoms with Crippen LogP contribution in [-0.2, 0) is 11.3 Å². The second-order valence-electron chi connectivity index (χ2n) is 8.07. The number of benzene rings is 1. The fourth-order valence-corrected chi connectivity index (χ4v) is 5.61. The maximum Gasteiger partial charge on any atom is 0.220 e. The van der Waals surface area contributed by atoms with Crippen molar-refractivity contribution in [3.63, 3.8) is 0 Å². The fourth-order valence-electron chi connectivity index (χ4n) is 4.86. The van der Waals surface area contributed by atoms with Gasteiger partial charge in [0.2, 0.25) is 5.91 Å². The molecule has 3 atom stereocenters. The predicted octanol–water partition coefficient (Wildman–Crippen LogP) is 3.54. The summed E-state index contributed by atoms with van der Waals surface area (Å²) in [5.74, 6) is 1.87. The molecule has 0 radical (unpaired) electrons. The Morgan fingerprint density at radius 2 is 2.10 bits per heavy atom. The lowest BCUT2D eigenvalue weighted by atomic mass is 9.67. The Hall–Kier alpha value is -2.12. The molecule has 0 bridgehead atoms. The molecule has 1 saturated heterocycles. The van der Waals surface area contributed by atoms with E-state index in [0.717, 1.165) is 48.7 Å². The first-order valence-corrected chi connectivity index (χ1v) is 11.0. The highest BCUT2D eigenvalue weighted by Crippen LogP contribution is 2.47. The molecule has 2 aliphatic rings. The molecule has 2 aromatic rings. The van der Waals surface area contributed by atoms with Crippen LogP contribution in [0.3, 0.4) is 0 Å². The molecule has 7 heteroatoms. The molecule has 2 heterocycles. The van der Waals surface area contributed by atoms with Gasteiger partial charge in [0.15, 0.2) is 11.5 Å². The zero-order valence-corrected chi connectivity index (χ0v) is 18.1. The lowest BCUT2D eigenvalue weighted by Gasteiger charge is -2.45. The molecule has 4 rings (SSSR count). The third-order valence-corrected chi connectivity index (χ3v) is 7.27. The van der Waals surface area contributed by atoms with Gasteiger partial charge in [-0.1, -0.05) is 6.07 Å². The Balaban J connectivity index is 1.56. The Labute approximate surface area is 176 Å². The van der Waals surface area contributed by atoms with E-state index in [9.17, 15) is 4.79 Å². The number of nitrogens with one attached hydrogen (secondary N) is 2. The highest BCUT2D eigenvalue weighted by atomic mass is 32.1. The van der Waals surface area contributed by atoms with Crippen molar-refractivity contribution in [2.75, 3.05) is 14.2 Å². The van der Waals surface area contributed by atoms with Crippen LogP contribution in [0.1, 0.15) is 53.5 Å². The highest BCUT2D eigenvalue weighted by molar-refractivity contribution is 7.11.